The molecule has 2 saturated heterocycles. The fourth-order valence-corrected chi connectivity index (χ4v) is 5.52. The predicted molar refractivity (Wildman–Crippen MR) is 134 cm³/mol. The highest BCUT2D eigenvalue weighted by Crippen LogP contribution is 2.52. The van der Waals surface area contributed by atoms with Crippen molar-refractivity contribution >= 4 is 23.5 Å². The topological polar surface area (TPSA) is 125 Å². The first-order valence-corrected chi connectivity index (χ1v) is 11.7. The summed E-state index contributed by atoms with van der Waals surface area (Å²) in [5.41, 5.74) is -0.470. The van der Waals surface area contributed by atoms with E-state index in [0.717, 1.165) is 4.90 Å². The summed E-state index contributed by atoms with van der Waals surface area (Å²) in [7, 11) is 2.97. The average molecular weight is 503 g/mol. The third-order valence-electron chi connectivity index (χ3n) is 7.26. The second kappa shape index (κ2) is 9.25. The molecule has 2 heterocycles. The molecule has 0 saturated carbocycles. The SMILES string of the molecule is COc1ccc(N2C(=O)[C@H]3[C@@H](C2=O)[C@@](Cc2ccccc2)(C(=O)O)N[C@H]3c2ccc(OC)cc2O)cc1. The van der Waals surface area contributed by atoms with Crippen LogP contribution in [0.3, 0.4) is 0 Å². The normalized spacial score (nSPS) is 24.7. The van der Waals surface area contributed by atoms with E-state index in [1.165, 1.54) is 20.3 Å². The standard InChI is InChI=1S/C28H26N2O7/c1-36-18-10-8-17(9-11-18)30-25(32)22-23(26(30)33)28(27(34)35,15-16-6-4-3-5-7-16)29-24(22)20-13-12-19(37-2)14-21(20)31/h3-14,22-24,29,31H,15H2,1-2H3,(H,34,35)/t22-,23-,24-,28-/m0/s1. The lowest BCUT2D eigenvalue weighted by molar-refractivity contribution is -0.148. The number of nitrogens with one attached hydrogen (secondary N) is 1. The fraction of sp³-hybridized carbons (Fsp3) is 0.250. The molecule has 9 nitrogen and oxygen atoms in total. The van der Waals surface area contributed by atoms with Crippen molar-refractivity contribution in [3.63, 3.8) is 0 Å². The zero-order chi connectivity index (χ0) is 26.3. The van der Waals surface area contributed by atoms with Crippen molar-refractivity contribution in [2.75, 3.05) is 19.1 Å². The van der Waals surface area contributed by atoms with Gasteiger partial charge < -0.3 is 19.7 Å². The van der Waals surface area contributed by atoms with Crippen LogP contribution < -0.4 is 19.7 Å². The monoisotopic (exact) mass is 502 g/mol. The number of carboxylic acid groups (broad SMARTS) is 1. The van der Waals surface area contributed by atoms with Crippen LogP contribution in [0.1, 0.15) is 17.2 Å². The zero-order valence-electron chi connectivity index (χ0n) is 20.3. The molecule has 3 aromatic rings. The number of nitrogens with zero attached hydrogens (tertiary/aromatic N) is 1. The van der Waals surface area contributed by atoms with Gasteiger partial charge in [-0.25, -0.2) is 4.90 Å². The number of amides is 2. The minimum absolute atomic E-state index is 0.0345. The quantitative estimate of drug-likeness (QED) is 0.421. The second-order valence-electron chi connectivity index (χ2n) is 9.20. The Labute approximate surface area is 213 Å². The first-order chi connectivity index (χ1) is 17.8. The summed E-state index contributed by atoms with van der Waals surface area (Å²) < 4.78 is 10.4. The fourth-order valence-electron chi connectivity index (χ4n) is 5.52. The number of carbonyl (C=O) groups is 3. The summed E-state index contributed by atoms with van der Waals surface area (Å²) >= 11 is 0. The number of imide groups is 1. The van der Waals surface area contributed by atoms with E-state index >= 15 is 0 Å². The Bertz CT molecular complexity index is 1360. The summed E-state index contributed by atoms with van der Waals surface area (Å²) in [6, 6.07) is 19.0. The highest BCUT2D eigenvalue weighted by molar-refractivity contribution is 6.24. The molecule has 2 aliphatic heterocycles. The molecule has 0 radical (unpaired) electrons. The number of phenolic OH excluding ortho intramolecular Hbond substituents is 1. The first-order valence-electron chi connectivity index (χ1n) is 11.7. The highest BCUT2D eigenvalue weighted by Gasteiger charge is 2.68. The number of fused-ring (bicyclic) bond motifs is 1. The van der Waals surface area contributed by atoms with Gasteiger partial charge in [-0.2, -0.15) is 0 Å². The van der Waals surface area contributed by atoms with Crippen LogP contribution >= 0.6 is 0 Å². The number of hydrogen-bond donors (Lipinski definition) is 3. The van der Waals surface area contributed by atoms with Crippen LogP contribution in [-0.2, 0) is 20.8 Å². The minimum atomic E-state index is -1.79. The van der Waals surface area contributed by atoms with Crippen molar-refractivity contribution in [1.82, 2.24) is 5.32 Å². The smallest absolute Gasteiger partial charge is 0.325 e. The Morgan fingerprint density at radius 1 is 0.946 bits per heavy atom. The van der Waals surface area contributed by atoms with E-state index in [1.807, 2.05) is 6.07 Å². The number of aromatic hydroxyl groups is 1. The predicted octanol–water partition coefficient (Wildman–Crippen LogP) is 2.93. The molecule has 3 N–H and O–H groups in total. The van der Waals surface area contributed by atoms with Gasteiger partial charge in [0.1, 0.15) is 22.8 Å². The molecule has 2 amide bonds. The molecule has 3 aromatic carbocycles. The number of rotatable bonds is 7. The number of anilines is 1. The summed E-state index contributed by atoms with van der Waals surface area (Å²) in [6.45, 7) is 0. The lowest BCUT2D eigenvalue weighted by atomic mass is 9.76. The van der Waals surface area contributed by atoms with E-state index in [9.17, 15) is 24.6 Å². The molecule has 5 rings (SSSR count). The molecular formula is C28H26N2O7. The Morgan fingerprint density at radius 3 is 2.19 bits per heavy atom. The summed E-state index contributed by atoms with van der Waals surface area (Å²) in [4.78, 5) is 41.8. The average Bonchev–Trinajstić information content (AvgIpc) is 3.38. The van der Waals surface area contributed by atoms with Crippen molar-refractivity contribution in [3.8, 4) is 17.2 Å². The zero-order valence-corrected chi connectivity index (χ0v) is 20.3. The van der Waals surface area contributed by atoms with Crippen LogP contribution in [0.4, 0.5) is 5.69 Å². The number of carboxylic acids is 1. The van der Waals surface area contributed by atoms with E-state index in [0.29, 0.717) is 28.3 Å². The van der Waals surface area contributed by atoms with Gasteiger partial charge in [-0.1, -0.05) is 36.4 Å². The van der Waals surface area contributed by atoms with Crippen molar-refractivity contribution in [1.29, 1.82) is 0 Å². The summed E-state index contributed by atoms with van der Waals surface area (Å²) in [5.74, 6) is -3.89. The number of carbonyl (C=O) groups excluding carboxylic acids is 2. The van der Waals surface area contributed by atoms with E-state index in [-0.39, 0.29) is 12.2 Å². The van der Waals surface area contributed by atoms with Gasteiger partial charge in [0, 0.05) is 24.1 Å². The van der Waals surface area contributed by atoms with Crippen LogP contribution in [0.2, 0.25) is 0 Å². The molecule has 0 spiro atoms. The van der Waals surface area contributed by atoms with Crippen LogP contribution in [-0.4, -0.2) is 47.8 Å². The maximum atomic E-state index is 13.9. The Balaban J connectivity index is 1.65. The maximum absolute atomic E-state index is 13.9. The molecule has 37 heavy (non-hydrogen) atoms. The Hall–Kier alpha value is -4.37. The molecular weight excluding hydrogens is 476 g/mol. The van der Waals surface area contributed by atoms with Gasteiger partial charge in [-0.3, -0.25) is 19.7 Å². The van der Waals surface area contributed by atoms with Gasteiger partial charge >= 0.3 is 5.97 Å². The summed E-state index contributed by atoms with van der Waals surface area (Å²) in [6.07, 6.45) is -0.0345. The largest absolute Gasteiger partial charge is 0.507 e. The number of aliphatic carboxylic acids is 1. The van der Waals surface area contributed by atoms with Crippen molar-refractivity contribution in [3.05, 3.63) is 83.9 Å². The van der Waals surface area contributed by atoms with E-state index in [2.05, 4.69) is 5.32 Å². The number of methoxy groups -OCH3 is 2. The van der Waals surface area contributed by atoms with Crippen LogP contribution in [0.25, 0.3) is 0 Å². The lowest BCUT2D eigenvalue weighted by Gasteiger charge is -2.31. The van der Waals surface area contributed by atoms with E-state index < -0.39 is 41.2 Å². The van der Waals surface area contributed by atoms with E-state index in [1.54, 1.807) is 60.7 Å². The molecule has 2 fully saturated rings. The number of phenols is 1. The highest BCUT2D eigenvalue weighted by atomic mass is 16.5. The van der Waals surface area contributed by atoms with Crippen LogP contribution in [0.15, 0.2) is 72.8 Å². The maximum Gasteiger partial charge on any atom is 0.325 e. The van der Waals surface area contributed by atoms with Gasteiger partial charge in [0.05, 0.1) is 31.7 Å². The number of hydrogen-bond acceptors (Lipinski definition) is 7. The first kappa shape index (κ1) is 24.3. The number of ether oxygens (including phenoxy) is 2. The molecule has 9 heteroatoms. The summed E-state index contributed by atoms with van der Waals surface area (Å²) in [5, 5.41) is 24.5. The molecule has 2 aliphatic rings. The molecule has 0 bridgehead atoms. The third-order valence-corrected chi connectivity index (χ3v) is 7.26. The van der Waals surface area contributed by atoms with Crippen molar-refractivity contribution in [2.24, 2.45) is 11.8 Å². The Kier molecular flexibility index (Phi) is 6.08. The van der Waals surface area contributed by atoms with Gasteiger partial charge in [0.25, 0.3) is 0 Å². The van der Waals surface area contributed by atoms with Crippen LogP contribution in [0.5, 0.6) is 17.2 Å². The second-order valence-corrected chi connectivity index (χ2v) is 9.20. The number of benzene rings is 3. The van der Waals surface area contributed by atoms with E-state index in [4.69, 9.17) is 9.47 Å². The molecule has 4 atom stereocenters. The molecule has 0 unspecified atom stereocenters. The third kappa shape index (κ3) is 3.88. The van der Waals surface area contributed by atoms with Gasteiger partial charge in [-0.15, -0.1) is 0 Å². The molecule has 0 aromatic heterocycles. The molecule has 190 valence electrons. The lowest BCUT2D eigenvalue weighted by Crippen LogP contribution is -2.57. The van der Waals surface area contributed by atoms with Gasteiger partial charge in [0.15, 0.2) is 0 Å². The molecule has 0 aliphatic carbocycles. The minimum Gasteiger partial charge on any atom is -0.507 e. The van der Waals surface area contributed by atoms with Crippen molar-refractivity contribution in [2.45, 2.75) is 18.0 Å². The van der Waals surface area contributed by atoms with Gasteiger partial charge in [-0.05, 0) is 35.9 Å². The van der Waals surface area contributed by atoms with Gasteiger partial charge in [0.2, 0.25) is 11.8 Å². The van der Waals surface area contributed by atoms with Crippen LogP contribution in [0, 0.1) is 11.8 Å². The Morgan fingerprint density at radius 2 is 1.59 bits per heavy atom. The van der Waals surface area contributed by atoms with Crippen molar-refractivity contribution < 1.29 is 34.1 Å².